The SMILES string of the molecule is CNC1C(CN(C)CCCN(C)C)C(C)(C)OC1(C)C. The van der Waals surface area contributed by atoms with Crippen LogP contribution in [0.25, 0.3) is 0 Å². The summed E-state index contributed by atoms with van der Waals surface area (Å²) in [5, 5.41) is 3.48. The molecule has 1 saturated heterocycles. The molecule has 0 aromatic carbocycles. The van der Waals surface area contributed by atoms with Gasteiger partial charge in [-0.1, -0.05) is 0 Å². The fourth-order valence-electron chi connectivity index (χ4n) is 3.66. The zero-order valence-electron chi connectivity index (χ0n) is 14.8. The Hall–Kier alpha value is -0.160. The van der Waals surface area contributed by atoms with Gasteiger partial charge in [-0.05, 0) is 75.4 Å². The molecule has 0 radical (unpaired) electrons. The third kappa shape index (κ3) is 4.42. The van der Waals surface area contributed by atoms with Crippen LogP contribution in [-0.2, 0) is 4.74 Å². The first-order chi connectivity index (χ1) is 9.10. The minimum atomic E-state index is -0.104. The molecule has 0 amide bonds. The molecule has 1 fully saturated rings. The quantitative estimate of drug-likeness (QED) is 0.770. The van der Waals surface area contributed by atoms with E-state index in [1.165, 1.54) is 6.42 Å². The first kappa shape index (κ1) is 17.9. The van der Waals surface area contributed by atoms with E-state index in [9.17, 15) is 0 Å². The lowest BCUT2D eigenvalue weighted by Crippen LogP contribution is -2.49. The molecular weight excluding hydrogens is 250 g/mol. The van der Waals surface area contributed by atoms with Crippen molar-refractivity contribution in [3.63, 3.8) is 0 Å². The zero-order valence-corrected chi connectivity index (χ0v) is 14.8. The second kappa shape index (κ2) is 6.73. The highest BCUT2D eigenvalue weighted by molar-refractivity contribution is 5.05. The minimum absolute atomic E-state index is 0.0764. The van der Waals surface area contributed by atoms with Gasteiger partial charge < -0.3 is 19.9 Å². The van der Waals surface area contributed by atoms with Crippen LogP contribution in [0.1, 0.15) is 34.1 Å². The van der Waals surface area contributed by atoms with Gasteiger partial charge in [-0.3, -0.25) is 0 Å². The molecule has 0 aliphatic carbocycles. The Kier molecular flexibility index (Phi) is 6.02. The molecule has 1 aliphatic heterocycles. The summed E-state index contributed by atoms with van der Waals surface area (Å²) in [6.07, 6.45) is 1.21. The molecule has 1 rings (SSSR count). The Balaban J connectivity index is 2.59. The van der Waals surface area contributed by atoms with Crippen molar-refractivity contribution >= 4 is 0 Å². The van der Waals surface area contributed by atoms with Gasteiger partial charge in [0.05, 0.1) is 11.2 Å². The van der Waals surface area contributed by atoms with Crippen molar-refractivity contribution in [1.29, 1.82) is 0 Å². The van der Waals surface area contributed by atoms with E-state index in [0.717, 1.165) is 19.6 Å². The molecule has 0 aromatic heterocycles. The number of ether oxygens (including phenoxy) is 1. The van der Waals surface area contributed by atoms with E-state index in [2.05, 4.69) is 71.0 Å². The summed E-state index contributed by atoms with van der Waals surface area (Å²) < 4.78 is 6.30. The van der Waals surface area contributed by atoms with Crippen LogP contribution in [-0.4, -0.2) is 74.9 Å². The number of likely N-dealkylation sites (N-methyl/N-ethyl adjacent to an activating group) is 1. The van der Waals surface area contributed by atoms with Crippen molar-refractivity contribution in [3.05, 3.63) is 0 Å². The van der Waals surface area contributed by atoms with Crippen LogP contribution in [0.5, 0.6) is 0 Å². The van der Waals surface area contributed by atoms with Gasteiger partial charge in [0.25, 0.3) is 0 Å². The molecule has 0 aromatic rings. The largest absolute Gasteiger partial charge is 0.368 e. The van der Waals surface area contributed by atoms with Crippen molar-refractivity contribution in [3.8, 4) is 0 Å². The summed E-state index contributed by atoms with van der Waals surface area (Å²) in [4.78, 5) is 4.70. The second-order valence-corrected chi connectivity index (χ2v) is 7.60. The van der Waals surface area contributed by atoms with E-state index in [0.29, 0.717) is 12.0 Å². The highest BCUT2D eigenvalue weighted by Crippen LogP contribution is 2.42. The van der Waals surface area contributed by atoms with Gasteiger partial charge >= 0.3 is 0 Å². The fraction of sp³-hybridized carbons (Fsp3) is 1.00. The molecule has 0 spiro atoms. The standard InChI is InChI=1S/C16H35N3O/c1-15(2)13(14(17-5)16(3,4)20-15)12-19(8)11-9-10-18(6)7/h13-14,17H,9-12H2,1-8H3. The Morgan fingerprint density at radius 1 is 1.00 bits per heavy atom. The number of rotatable bonds is 7. The monoisotopic (exact) mass is 285 g/mol. The molecule has 120 valence electrons. The van der Waals surface area contributed by atoms with Crippen LogP contribution >= 0.6 is 0 Å². The third-order valence-electron chi connectivity index (χ3n) is 4.53. The number of hydrogen-bond donors (Lipinski definition) is 1. The minimum Gasteiger partial charge on any atom is -0.368 e. The third-order valence-corrected chi connectivity index (χ3v) is 4.53. The van der Waals surface area contributed by atoms with Gasteiger partial charge in [-0.2, -0.15) is 0 Å². The van der Waals surface area contributed by atoms with E-state index < -0.39 is 0 Å². The molecule has 2 unspecified atom stereocenters. The van der Waals surface area contributed by atoms with Crippen LogP contribution in [0.2, 0.25) is 0 Å². The lowest BCUT2D eigenvalue weighted by Gasteiger charge is -2.32. The van der Waals surface area contributed by atoms with Crippen LogP contribution in [0, 0.1) is 5.92 Å². The summed E-state index contributed by atoms with van der Waals surface area (Å²) in [6, 6.07) is 0.397. The van der Waals surface area contributed by atoms with E-state index in [4.69, 9.17) is 4.74 Å². The van der Waals surface area contributed by atoms with Gasteiger partial charge in [0, 0.05) is 18.5 Å². The van der Waals surface area contributed by atoms with Gasteiger partial charge in [-0.15, -0.1) is 0 Å². The van der Waals surface area contributed by atoms with Crippen LogP contribution in [0.4, 0.5) is 0 Å². The van der Waals surface area contributed by atoms with Crippen molar-refractivity contribution < 1.29 is 4.74 Å². The van der Waals surface area contributed by atoms with E-state index in [1.54, 1.807) is 0 Å². The first-order valence-corrected chi connectivity index (χ1v) is 7.81. The summed E-state index contributed by atoms with van der Waals surface area (Å²) >= 11 is 0. The predicted octanol–water partition coefficient (Wildman–Crippen LogP) is 1.66. The summed E-state index contributed by atoms with van der Waals surface area (Å²) in [5.74, 6) is 0.506. The summed E-state index contributed by atoms with van der Waals surface area (Å²) in [5.41, 5.74) is -0.180. The van der Waals surface area contributed by atoms with Gasteiger partial charge in [0.1, 0.15) is 0 Å². The second-order valence-electron chi connectivity index (χ2n) is 7.60. The first-order valence-electron chi connectivity index (χ1n) is 7.81. The van der Waals surface area contributed by atoms with Crippen molar-refractivity contribution in [1.82, 2.24) is 15.1 Å². The maximum absolute atomic E-state index is 6.30. The van der Waals surface area contributed by atoms with Crippen LogP contribution in [0.15, 0.2) is 0 Å². The van der Waals surface area contributed by atoms with Gasteiger partial charge in [0.2, 0.25) is 0 Å². The highest BCUT2D eigenvalue weighted by Gasteiger charge is 2.53. The molecule has 1 N–H and O–H groups in total. The predicted molar refractivity (Wildman–Crippen MR) is 86.2 cm³/mol. The fourth-order valence-corrected chi connectivity index (χ4v) is 3.66. The van der Waals surface area contributed by atoms with Crippen LogP contribution < -0.4 is 5.32 Å². The number of nitrogens with zero attached hydrogens (tertiary/aromatic N) is 2. The molecule has 2 atom stereocenters. The summed E-state index contributed by atoms with van der Waals surface area (Å²) in [6.45, 7) is 12.2. The van der Waals surface area contributed by atoms with Crippen molar-refractivity contribution in [2.45, 2.75) is 51.4 Å². The highest BCUT2D eigenvalue weighted by atomic mass is 16.5. The zero-order chi connectivity index (χ0) is 15.6. The topological polar surface area (TPSA) is 27.7 Å². The maximum Gasteiger partial charge on any atom is 0.0790 e. The molecular formula is C16H35N3O. The maximum atomic E-state index is 6.30. The summed E-state index contributed by atoms with van der Waals surface area (Å²) in [7, 11) is 8.54. The normalized spacial score (nSPS) is 28.5. The lowest BCUT2D eigenvalue weighted by molar-refractivity contribution is -0.0790. The Bertz CT molecular complexity index is 302. The van der Waals surface area contributed by atoms with E-state index >= 15 is 0 Å². The Morgan fingerprint density at radius 2 is 1.60 bits per heavy atom. The number of hydrogen-bond acceptors (Lipinski definition) is 4. The average molecular weight is 285 g/mol. The van der Waals surface area contributed by atoms with Gasteiger partial charge in [0.15, 0.2) is 0 Å². The molecule has 4 heteroatoms. The molecule has 4 nitrogen and oxygen atoms in total. The molecule has 0 bridgehead atoms. The average Bonchev–Trinajstić information content (AvgIpc) is 2.42. The Morgan fingerprint density at radius 3 is 2.10 bits per heavy atom. The smallest absolute Gasteiger partial charge is 0.0790 e. The molecule has 20 heavy (non-hydrogen) atoms. The molecule has 1 heterocycles. The van der Waals surface area contributed by atoms with E-state index in [1.807, 2.05) is 0 Å². The van der Waals surface area contributed by atoms with Crippen molar-refractivity contribution in [2.75, 3.05) is 47.8 Å². The number of nitrogens with one attached hydrogen (secondary N) is 1. The van der Waals surface area contributed by atoms with E-state index in [-0.39, 0.29) is 11.2 Å². The van der Waals surface area contributed by atoms with Crippen LogP contribution in [0.3, 0.4) is 0 Å². The Labute approximate surface area is 125 Å². The lowest BCUT2D eigenvalue weighted by atomic mass is 9.82. The van der Waals surface area contributed by atoms with Crippen molar-refractivity contribution in [2.24, 2.45) is 5.92 Å². The molecule has 1 aliphatic rings. The van der Waals surface area contributed by atoms with Gasteiger partial charge in [-0.25, -0.2) is 0 Å². The molecule has 0 saturated carbocycles.